The Morgan fingerprint density at radius 1 is 0.346 bits per heavy atom. The van der Waals surface area contributed by atoms with Gasteiger partial charge in [0, 0.05) is 19.3 Å². The van der Waals surface area contributed by atoms with Crippen molar-refractivity contribution in [3.05, 3.63) is 36.5 Å². The van der Waals surface area contributed by atoms with Gasteiger partial charge in [-0.25, -0.2) is 0 Å². The van der Waals surface area contributed by atoms with E-state index in [4.69, 9.17) is 95.2 Å². The first-order valence-electron chi connectivity index (χ1n) is 29.8. The molecule has 0 fully saturated rings. The smallest absolute Gasteiger partial charge is 0.380 e. The molecule has 12 nitrogen and oxygen atoms in total. The average molecular weight is 1280 g/mol. The fourth-order valence-electron chi connectivity index (χ4n) is 8.72. The molecule has 0 saturated heterocycles. The van der Waals surface area contributed by atoms with Gasteiger partial charge in [-0.1, -0.05) is 192 Å². The first-order chi connectivity index (χ1) is 37.3. The molecule has 0 aromatic heterocycles. The van der Waals surface area contributed by atoms with Crippen LogP contribution in [0.15, 0.2) is 36.5 Å². The molecule has 458 valence electrons. The van der Waals surface area contributed by atoms with E-state index in [2.05, 4.69) is 39.0 Å². The SMILES string of the molecule is CCCCCCC(C/C=C\CCCCCCCC(=O)OCC(COC(=O)CCCCCCC/C=C\CC(CCCCCC)OP(=O)(Cl)Cl)OC(=O)CCCCCCC/C=C\CC(CCCCCC)OP(=O)(Cl)Cl)OP(=O)(Cl)Cl. The van der Waals surface area contributed by atoms with Gasteiger partial charge in [0.2, 0.25) is 0 Å². The number of halogens is 6. The highest BCUT2D eigenvalue weighted by molar-refractivity contribution is 8.05. The summed E-state index contributed by atoms with van der Waals surface area (Å²) in [5.41, 5.74) is 0. The molecule has 0 aromatic carbocycles. The van der Waals surface area contributed by atoms with Crippen molar-refractivity contribution in [1.29, 1.82) is 0 Å². The lowest BCUT2D eigenvalue weighted by Crippen LogP contribution is -2.30. The molecule has 0 aliphatic carbocycles. The zero-order chi connectivity index (χ0) is 58.0. The van der Waals surface area contributed by atoms with Crippen LogP contribution in [-0.2, 0) is 55.9 Å². The zero-order valence-electron chi connectivity index (χ0n) is 47.8. The minimum absolute atomic E-state index is 0.195. The van der Waals surface area contributed by atoms with Crippen LogP contribution in [0.25, 0.3) is 0 Å². The van der Waals surface area contributed by atoms with E-state index in [1.807, 2.05) is 18.2 Å². The first kappa shape index (κ1) is 77.9. The number of carbonyl (C=O) groups is 3. The summed E-state index contributed by atoms with van der Waals surface area (Å²) in [5, 5.41) is 0. The van der Waals surface area contributed by atoms with Crippen molar-refractivity contribution in [2.75, 3.05) is 13.2 Å². The Balaban J connectivity index is 4.89. The minimum Gasteiger partial charge on any atom is -0.462 e. The molecular weight excluding hydrogens is 1180 g/mol. The van der Waals surface area contributed by atoms with Crippen molar-refractivity contribution in [3.8, 4) is 0 Å². The van der Waals surface area contributed by atoms with E-state index in [-0.39, 0.29) is 50.8 Å². The van der Waals surface area contributed by atoms with Crippen molar-refractivity contribution in [2.24, 2.45) is 0 Å². The molecule has 0 amide bonds. The normalized spacial score (nSPS) is 14.1. The first-order valence-corrected chi connectivity index (χ1v) is 40.1. The lowest BCUT2D eigenvalue weighted by atomic mass is 10.1. The number of ether oxygens (including phenoxy) is 3. The van der Waals surface area contributed by atoms with E-state index >= 15 is 0 Å². The molecule has 3 atom stereocenters. The van der Waals surface area contributed by atoms with Gasteiger partial charge in [0.05, 0.1) is 18.3 Å². The highest BCUT2D eigenvalue weighted by Gasteiger charge is 2.24. The molecule has 0 rings (SSSR count). The Hall–Kier alpha value is -0.0600. The monoisotopic (exact) mass is 1280 g/mol. The minimum atomic E-state index is -3.61. The Kier molecular flexibility index (Phi) is 52.5. The van der Waals surface area contributed by atoms with E-state index in [9.17, 15) is 28.1 Å². The summed E-state index contributed by atoms with van der Waals surface area (Å²) in [7, 11) is 0. The highest BCUT2D eigenvalue weighted by Crippen LogP contribution is 2.60. The molecule has 0 heterocycles. The quantitative estimate of drug-likeness (QED) is 0.0187. The molecule has 0 aromatic rings. The van der Waals surface area contributed by atoms with Crippen molar-refractivity contribution >= 4 is 104 Å². The van der Waals surface area contributed by atoms with Crippen LogP contribution in [0.1, 0.15) is 271 Å². The number of allylic oxidation sites excluding steroid dienone is 3. The van der Waals surface area contributed by atoms with E-state index in [1.54, 1.807) is 0 Å². The number of carbonyl (C=O) groups excluding carboxylic acids is 3. The third-order valence-corrected chi connectivity index (χ3v) is 16.1. The standard InChI is InChI=1S/C57H101Cl6O12P3/c1-4-7-10-31-40-51(73-76(58,59)67)43-34-25-19-13-16-22-28-37-46-55(64)70-49-54(72-57(66)48-39-30-24-18-15-21-27-36-45-53(75-78(62,63)69)42-33-12-9-6-3)50-71-56(65)47-38-29-23-17-14-20-26-35-44-52(74-77(60,61)68)41-32-11-8-5-2/h25-27,34-36,51-54H,4-24,28-33,37-50H2,1-3H3/b34-25-,35-26-,36-27-. The molecule has 0 bridgehead atoms. The molecule has 0 aliphatic heterocycles. The van der Waals surface area contributed by atoms with Crippen LogP contribution in [0.3, 0.4) is 0 Å². The van der Waals surface area contributed by atoms with Gasteiger partial charge < -0.3 is 27.8 Å². The zero-order valence-corrected chi connectivity index (χ0v) is 55.0. The topological polar surface area (TPSA) is 158 Å². The van der Waals surface area contributed by atoms with E-state index < -0.39 is 42.2 Å². The maximum atomic E-state index is 13.0. The molecule has 0 radical (unpaired) electrons. The molecule has 0 aliphatic rings. The van der Waals surface area contributed by atoms with E-state index in [1.165, 1.54) is 0 Å². The molecule has 0 saturated carbocycles. The lowest BCUT2D eigenvalue weighted by molar-refractivity contribution is -0.167. The van der Waals surface area contributed by atoms with Crippen LogP contribution in [0.5, 0.6) is 0 Å². The van der Waals surface area contributed by atoms with Gasteiger partial charge in [-0.05, 0) is 164 Å². The summed E-state index contributed by atoms with van der Waals surface area (Å²) in [6.45, 7) is 6.07. The maximum absolute atomic E-state index is 13.0. The van der Waals surface area contributed by atoms with E-state index in [0.29, 0.717) is 38.5 Å². The Morgan fingerprint density at radius 2 is 0.615 bits per heavy atom. The second-order valence-corrected chi connectivity index (χ2v) is 33.2. The van der Waals surface area contributed by atoms with Crippen LogP contribution in [0.4, 0.5) is 0 Å². The van der Waals surface area contributed by atoms with Crippen molar-refractivity contribution in [1.82, 2.24) is 0 Å². The van der Waals surface area contributed by atoms with Crippen LogP contribution >= 0.6 is 85.7 Å². The van der Waals surface area contributed by atoms with Gasteiger partial charge >= 0.3 is 36.1 Å². The van der Waals surface area contributed by atoms with Crippen LogP contribution in [0, 0.1) is 0 Å². The van der Waals surface area contributed by atoms with Gasteiger partial charge in [0.15, 0.2) is 6.10 Å². The molecule has 0 N–H and O–H groups in total. The van der Waals surface area contributed by atoms with Gasteiger partial charge in [-0.15, -0.1) is 0 Å². The van der Waals surface area contributed by atoms with Crippen molar-refractivity contribution in [2.45, 2.75) is 296 Å². The number of rotatable bonds is 56. The number of unbranched alkanes of at least 4 members (excludes halogenated alkanes) is 24. The van der Waals surface area contributed by atoms with Crippen LogP contribution < -0.4 is 0 Å². The maximum Gasteiger partial charge on any atom is 0.380 e. The fraction of sp³-hybridized carbons (Fsp3) is 0.842. The Labute approximate surface area is 501 Å². The molecular formula is C57H101Cl6O12P3. The average Bonchev–Trinajstić information content (AvgIpc) is 3.36. The third-order valence-electron chi connectivity index (χ3n) is 13.1. The van der Waals surface area contributed by atoms with E-state index in [0.717, 1.165) is 193 Å². The largest absolute Gasteiger partial charge is 0.462 e. The summed E-state index contributed by atoms with van der Waals surface area (Å²) in [5.74, 6) is -1.21. The highest BCUT2D eigenvalue weighted by atomic mass is 35.9. The molecule has 3 unspecified atom stereocenters. The number of hydrogen-bond acceptors (Lipinski definition) is 12. The third kappa shape index (κ3) is 57.7. The summed E-state index contributed by atoms with van der Waals surface area (Å²) in [4.78, 5) is 38.5. The van der Waals surface area contributed by atoms with Gasteiger partial charge in [0.1, 0.15) is 13.2 Å². The van der Waals surface area contributed by atoms with Crippen molar-refractivity contribution in [3.63, 3.8) is 0 Å². The summed E-state index contributed by atoms with van der Waals surface area (Å²) < 4.78 is 68.5. The van der Waals surface area contributed by atoms with Crippen LogP contribution in [-0.4, -0.2) is 55.5 Å². The lowest BCUT2D eigenvalue weighted by Gasteiger charge is -2.18. The number of esters is 3. The summed E-state index contributed by atoms with van der Waals surface area (Å²) >= 11 is 34.2. The Morgan fingerprint density at radius 3 is 0.910 bits per heavy atom. The number of hydrogen-bond donors (Lipinski definition) is 0. The predicted octanol–water partition coefficient (Wildman–Crippen LogP) is 22.8. The fourth-order valence-corrected chi connectivity index (χ4v) is 12.4. The second kappa shape index (κ2) is 52.5. The van der Waals surface area contributed by atoms with Gasteiger partial charge in [-0.2, -0.15) is 0 Å². The summed E-state index contributed by atoms with van der Waals surface area (Å²) in [6.07, 6.45) is 33.9. The molecule has 21 heteroatoms. The van der Waals surface area contributed by atoms with Gasteiger partial charge in [0.25, 0.3) is 0 Å². The van der Waals surface area contributed by atoms with Gasteiger partial charge in [-0.3, -0.25) is 28.1 Å². The summed E-state index contributed by atoms with van der Waals surface area (Å²) in [6, 6.07) is 0. The second-order valence-electron chi connectivity index (χ2n) is 20.5. The van der Waals surface area contributed by atoms with Crippen LogP contribution in [0.2, 0.25) is 0 Å². The Bertz CT molecular complexity index is 1640. The predicted molar refractivity (Wildman–Crippen MR) is 329 cm³/mol. The molecule has 78 heavy (non-hydrogen) atoms. The molecule has 0 spiro atoms. The van der Waals surface area contributed by atoms with Crippen molar-refractivity contribution < 1.29 is 55.9 Å².